The van der Waals surface area contributed by atoms with Gasteiger partial charge in [0, 0.05) is 11.6 Å². The van der Waals surface area contributed by atoms with E-state index in [0.717, 1.165) is 7.05 Å². The minimum atomic E-state index is -1.77. The van der Waals surface area contributed by atoms with E-state index in [4.69, 9.17) is 5.11 Å². The topological polar surface area (TPSA) is 95.9 Å². The van der Waals surface area contributed by atoms with Crippen LogP contribution in [0.2, 0.25) is 0 Å². The number of amides is 3. The third-order valence-corrected chi connectivity index (χ3v) is 1.82. The number of nitrogens with zero attached hydrogens (tertiary/aromatic N) is 1. The van der Waals surface area contributed by atoms with Crippen molar-refractivity contribution in [2.75, 3.05) is 7.05 Å². The zero-order valence-electron chi connectivity index (χ0n) is 7.06. The maximum Gasteiger partial charge on any atom is 0.365 e. The highest BCUT2D eigenvalue weighted by atomic mass is 19.3. The summed E-state index contributed by atoms with van der Waals surface area (Å²) in [5.41, 5.74) is 0. The molecular weight excluding hydrogens is 199 g/mol. The summed E-state index contributed by atoms with van der Waals surface area (Å²) in [6.07, 6.45) is -1.77. The number of rotatable bonds is 1. The first-order valence-corrected chi connectivity index (χ1v) is 3.57. The molecule has 1 rings (SSSR count). The van der Waals surface area contributed by atoms with E-state index in [-0.39, 0.29) is 0 Å². The highest BCUT2D eigenvalue weighted by molar-refractivity contribution is 6.07. The molecule has 0 saturated carbocycles. The first kappa shape index (κ1) is 10.4. The van der Waals surface area contributed by atoms with E-state index in [0.29, 0.717) is 4.90 Å². The quantitative estimate of drug-likeness (QED) is 0.510. The van der Waals surface area contributed by atoms with Crippen molar-refractivity contribution in [1.82, 2.24) is 10.2 Å². The predicted molar refractivity (Wildman–Crippen MR) is 38.0 cm³/mol. The fourth-order valence-corrected chi connectivity index (χ4v) is 1.03. The molecule has 1 aliphatic heterocycles. The van der Waals surface area contributed by atoms with Crippen LogP contribution < -0.4 is 5.32 Å². The van der Waals surface area contributed by atoms with Gasteiger partial charge in [0.15, 0.2) is 12.1 Å². The molecule has 0 aromatic heterocycles. The van der Waals surface area contributed by atoms with Gasteiger partial charge in [0.2, 0.25) is 5.91 Å². The largest absolute Gasteiger partial charge is 0.372 e. The van der Waals surface area contributed by atoms with E-state index in [1.807, 2.05) is 5.32 Å². The Kier molecular flexibility index (Phi) is 2.65. The maximum absolute atomic E-state index is 11.5. The molecule has 0 aliphatic carbocycles. The summed E-state index contributed by atoms with van der Waals surface area (Å²) >= 11 is 0. The molecule has 2 N–H and O–H groups in total. The summed E-state index contributed by atoms with van der Waals surface area (Å²) in [6.45, 7) is 0. The van der Waals surface area contributed by atoms with Gasteiger partial charge in [-0.15, -0.1) is 0 Å². The third-order valence-electron chi connectivity index (χ3n) is 1.82. The summed E-state index contributed by atoms with van der Waals surface area (Å²) in [4.78, 5) is 36.1. The zero-order chi connectivity index (χ0) is 10.9. The van der Waals surface area contributed by atoms with E-state index < -0.39 is 30.1 Å². The molecule has 0 radical (unpaired) electrons. The van der Waals surface area contributed by atoms with Crippen molar-refractivity contribution in [3.8, 4) is 0 Å². The molecule has 8 heteroatoms. The standard InChI is InChI=1S/C6H7FN2O5/c1-9-4(11)2(5(12)14-7)3(10)8-6(9)13/h2-3,10H,1H3,(H,8,13). The third kappa shape index (κ3) is 1.51. The second-order valence-corrected chi connectivity index (χ2v) is 2.67. The summed E-state index contributed by atoms with van der Waals surface area (Å²) in [6, 6.07) is -0.870. The Morgan fingerprint density at radius 1 is 1.64 bits per heavy atom. The van der Waals surface area contributed by atoms with E-state index in [1.165, 1.54) is 0 Å². The monoisotopic (exact) mass is 206 g/mol. The molecule has 0 aromatic rings. The molecule has 2 unspecified atom stereocenters. The van der Waals surface area contributed by atoms with Gasteiger partial charge in [0.1, 0.15) is 0 Å². The molecule has 1 fully saturated rings. The van der Waals surface area contributed by atoms with Crippen molar-refractivity contribution < 1.29 is 29.0 Å². The van der Waals surface area contributed by atoms with Crippen LogP contribution in [0.4, 0.5) is 9.32 Å². The van der Waals surface area contributed by atoms with E-state index in [9.17, 15) is 18.9 Å². The number of halogens is 1. The first-order valence-electron chi connectivity index (χ1n) is 3.57. The number of aliphatic hydroxyl groups excluding tert-OH is 1. The smallest absolute Gasteiger partial charge is 0.365 e. The van der Waals surface area contributed by atoms with Crippen LogP contribution in [0.15, 0.2) is 0 Å². The van der Waals surface area contributed by atoms with E-state index in [1.54, 1.807) is 0 Å². The normalized spacial score (nSPS) is 27.2. The lowest BCUT2D eigenvalue weighted by Gasteiger charge is -2.30. The Morgan fingerprint density at radius 2 is 2.21 bits per heavy atom. The van der Waals surface area contributed by atoms with Gasteiger partial charge in [-0.05, 0) is 0 Å². The molecule has 0 aromatic carbocycles. The van der Waals surface area contributed by atoms with Gasteiger partial charge in [-0.1, -0.05) is 0 Å². The van der Waals surface area contributed by atoms with E-state index in [2.05, 4.69) is 4.94 Å². The van der Waals surface area contributed by atoms with Crippen molar-refractivity contribution in [1.29, 1.82) is 0 Å². The van der Waals surface area contributed by atoms with Crippen LogP contribution in [0.5, 0.6) is 0 Å². The minimum Gasteiger partial charge on any atom is -0.372 e. The lowest BCUT2D eigenvalue weighted by Crippen LogP contribution is -2.60. The molecule has 1 heterocycles. The molecule has 14 heavy (non-hydrogen) atoms. The summed E-state index contributed by atoms with van der Waals surface area (Å²) in [5.74, 6) is -4.33. The van der Waals surface area contributed by atoms with Crippen LogP contribution >= 0.6 is 0 Å². The molecule has 0 spiro atoms. The second kappa shape index (κ2) is 3.58. The number of urea groups is 1. The Bertz CT molecular complexity index is 294. The SMILES string of the molecule is CN1C(=O)NC(O)C(C(=O)OF)C1=O. The minimum absolute atomic E-state index is 0.550. The number of carbonyl (C=O) groups excluding carboxylic acids is 3. The Balaban J connectivity index is 2.90. The average molecular weight is 206 g/mol. The fraction of sp³-hybridized carbons (Fsp3) is 0.500. The van der Waals surface area contributed by atoms with Gasteiger partial charge < -0.3 is 10.4 Å². The maximum atomic E-state index is 11.5. The average Bonchev–Trinajstić information content (AvgIpc) is 2.14. The summed E-state index contributed by atoms with van der Waals surface area (Å²) in [7, 11) is 1.09. The molecular formula is C6H7FN2O5. The molecule has 0 bridgehead atoms. The van der Waals surface area contributed by atoms with Crippen molar-refractivity contribution >= 4 is 17.9 Å². The van der Waals surface area contributed by atoms with Crippen LogP contribution in [0.25, 0.3) is 0 Å². The summed E-state index contributed by atoms with van der Waals surface area (Å²) in [5, 5.41) is 11.0. The van der Waals surface area contributed by atoms with Crippen molar-refractivity contribution in [3.05, 3.63) is 0 Å². The van der Waals surface area contributed by atoms with Crippen molar-refractivity contribution in [2.45, 2.75) is 6.23 Å². The number of nitrogens with one attached hydrogen (secondary N) is 1. The molecule has 3 amide bonds. The zero-order valence-corrected chi connectivity index (χ0v) is 7.06. The summed E-state index contributed by atoms with van der Waals surface area (Å²) < 4.78 is 11.5. The number of carbonyl (C=O) groups is 3. The highest BCUT2D eigenvalue weighted by Gasteiger charge is 2.44. The lowest BCUT2D eigenvalue weighted by molar-refractivity contribution is -0.196. The highest BCUT2D eigenvalue weighted by Crippen LogP contribution is 2.14. The number of aliphatic hydroxyl groups is 1. The number of imide groups is 1. The number of hydrogen-bond acceptors (Lipinski definition) is 5. The van der Waals surface area contributed by atoms with Gasteiger partial charge in [0.25, 0.3) is 0 Å². The van der Waals surface area contributed by atoms with Crippen molar-refractivity contribution in [2.24, 2.45) is 5.92 Å². The molecule has 78 valence electrons. The van der Waals surface area contributed by atoms with Crippen LogP contribution in [-0.4, -0.2) is 41.2 Å². The van der Waals surface area contributed by atoms with Crippen LogP contribution in [-0.2, 0) is 14.5 Å². The van der Waals surface area contributed by atoms with Gasteiger partial charge in [-0.3, -0.25) is 14.6 Å². The van der Waals surface area contributed by atoms with Crippen LogP contribution in [0, 0.1) is 5.92 Å². The van der Waals surface area contributed by atoms with Gasteiger partial charge >= 0.3 is 12.0 Å². The van der Waals surface area contributed by atoms with Crippen molar-refractivity contribution in [3.63, 3.8) is 0 Å². The first-order chi connectivity index (χ1) is 6.49. The number of hydrogen-bond donors (Lipinski definition) is 2. The van der Waals surface area contributed by atoms with Gasteiger partial charge in [-0.25, -0.2) is 9.59 Å². The fourth-order valence-electron chi connectivity index (χ4n) is 1.03. The Labute approximate surface area is 77.3 Å². The Hall–Kier alpha value is -1.70. The van der Waals surface area contributed by atoms with Crippen LogP contribution in [0.1, 0.15) is 0 Å². The Morgan fingerprint density at radius 3 is 2.71 bits per heavy atom. The van der Waals surface area contributed by atoms with Gasteiger partial charge in [-0.2, -0.15) is 0 Å². The lowest BCUT2D eigenvalue weighted by atomic mass is 10.1. The van der Waals surface area contributed by atoms with E-state index >= 15 is 0 Å². The predicted octanol–water partition coefficient (Wildman–Crippen LogP) is -1.47. The van der Waals surface area contributed by atoms with Crippen LogP contribution in [0.3, 0.4) is 0 Å². The molecule has 1 saturated heterocycles. The van der Waals surface area contributed by atoms with Gasteiger partial charge in [0.05, 0.1) is 0 Å². The second-order valence-electron chi connectivity index (χ2n) is 2.67. The molecule has 7 nitrogen and oxygen atoms in total. The molecule has 2 atom stereocenters. The molecule has 1 aliphatic rings.